The largest absolute Gasteiger partial charge is 0.383 e. The maximum atomic E-state index is 12.0. The van der Waals surface area contributed by atoms with Gasteiger partial charge in [-0.15, -0.1) is 0 Å². The van der Waals surface area contributed by atoms with Crippen LogP contribution in [0.1, 0.15) is 0 Å². The van der Waals surface area contributed by atoms with Crippen LogP contribution in [0.25, 0.3) is 0 Å². The average Bonchev–Trinajstić information content (AvgIpc) is 2.11. The minimum absolute atomic E-state index is 0.224. The van der Waals surface area contributed by atoms with E-state index < -0.39 is 13.0 Å². The molecule has 0 aliphatic carbocycles. The van der Waals surface area contributed by atoms with Gasteiger partial charge in [0.1, 0.15) is 0 Å². The average molecular weight is 210 g/mol. The van der Waals surface area contributed by atoms with Crippen LogP contribution in [0.5, 0.6) is 0 Å². The number of hydrogen-bond donors (Lipinski definition) is 2. The van der Waals surface area contributed by atoms with Crippen LogP contribution in [-0.4, -0.2) is 51.1 Å². The topological polar surface area (TPSA) is 62.9 Å². The summed E-state index contributed by atoms with van der Waals surface area (Å²) in [6.07, 6.45) is -2.42. The Labute approximate surface area is 81.9 Å². The monoisotopic (exact) mass is 210 g/mol. The molecule has 0 atom stereocenters. The Kier molecular flexibility index (Phi) is 6.95. The third kappa shape index (κ3) is 5.65. The second kappa shape index (κ2) is 7.45. The molecule has 14 heavy (non-hydrogen) atoms. The van der Waals surface area contributed by atoms with Crippen molar-refractivity contribution in [1.29, 1.82) is 0 Å². The number of alkyl halides is 2. The highest BCUT2D eigenvalue weighted by molar-refractivity contribution is 5.79. The van der Waals surface area contributed by atoms with Gasteiger partial charge in [-0.2, -0.15) is 0 Å². The number of guanidine groups is 1. The molecule has 0 radical (unpaired) electrons. The van der Waals surface area contributed by atoms with Crippen LogP contribution in [-0.2, 0) is 4.74 Å². The predicted molar refractivity (Wildman–Crippen MR) is 50.1 cm³/mol. The van der Waals surface area contributed by atoms with E-state index in [1.807, 2.05) is 0 Å². The van der Waals surface area contributed by atoms with E-state index in [1.165, 1.54) is 19.1 Å². The smallest absolute Gasteiger partial charge is 0.255 e. The lowest BCUT2D eigenvalue weighted by Crippen LogP contribution is -2.44. The fourth-order valence-electron chi connectivity index (χ4n) is 0.813. The molecule has 0 amide bonds. The highest BCUT2D eigenvalue weighted by atomic mass is 19.3. The van der Waals surface area contributed by atoms with Crippen molar-refractivity contribution in [3.8, 4) is 0 Å². The zero-order chi connectivity index (χ0) is 11.0. The molecule has 7 heteroatoms. The van der Waals surface area contributed by atoms with Gasteiger partial charge in [0, 0.05) is 14.2 Å². The van der Waals surface area contributed by atoms with Crippen molar-refractivity contribution in [2.24, 2.45) is 10.8 Å². The Morgan fingerprint density at radius 2 is 2.29 bits per heavy atom. The number of hydrazine groups is 1. The summed E-state index contributed by atoms with van der Waals surface area (Å²) >= 11 is 0. The molecule has 0 aliphatic rings. The van der Waals surface area contributed by atoms with Gasteiger partial charge in [-0.25, -0.2) is 19.6 Å². The number of nitrogens with one attached hydrogen (secondary N) is 1. The quantitative estimate of drug-likeness (QED) is 0.214. The third-order valence-electron chi connectivity index (χ3n) is 1.46. The first-order valence-electron chi connectivity index (χ1n) is 4.11. The van der Waals surface area contributed by atoms with E-state index in [0.29, 0.717) is 13.2 Å². The van der Waals surface area contributed by atoms with Crippen LogP contribution >= 0.6 is 0 Å². The molecule has 0 heterocycles. The zero-order valence-corrected chi connectivity index (χ0v) is 8.33. The molecule has 0 aliphatic heterocycles. The van der Waals surface area contributed by atoms with Crippen molar-refractivity contribution in [3.05, 3.63) is 0 Å². The molecule has 84 valence electrons. The highest BCUT2D eigenvalue weighted by Gasteiger charge is 2.10. The first-order valence-corrected chi connectivity index (χ1v) is 4.11. The summed E-state index contributed by atoms with van der Waals surface area (Å²) in [5.41, 5.74) is 2.25. The lowest BCUT2D eigenvalue weighted by atomic mass is 10.6. The SMILES string of the molecule is COCCN=C(NN)N(C)CC(F)F. The molecule has 0 aromatic heterocycles. The summed E-state index contributed by atoms with van der Waals surface area (Å²) in [6.45, 7) is 0.396. The predicted octanol–water partition coefficient (Wildman–Crippen LogP) is -0.351. The summed E-state index contributed by atoms with van der Waals surface area (Å²) in [5.74, 6) is 5.35. The van der Waals surface area contributed by atoms with Gasteiger partial charge in [0.2, 0.25) is 5.96 Å². The lowest BCUT2D eigenvalue weighted by Gasteiger charge is -2.19. The molecular weight excluding hydrogens is 194 g/mol. The number of ether oxygens (including phenoxy) is 1. The number of nitrogens with zero attached hydrogens (tertiary/aromatic N) is 2. The van der Waals surface area contributed by atoms with Gasteiger partial charge in [0.25, 0.3) is 6.43 Å². The second-order valence-electron chi connectivity index (χ2n) is 2.61. The van der Waals surface area contributed by atoms with Crippen LogP contribution < -0.4 is 11.3 Å². The van der Waals surface area contributed by atoms with Gasteiger partial charge in [-0.05, 0) is 0 Å². The minimum atomic E-state index is -2.42. The van der Waals surface area contributed by atoms with E-state index in [-0.39, 0.29) is 5.96 Å². The molecule has 0 saturated heterocycles. The maximum absolute atomic E-state index is 12.0. The molecule has 0 aromatic rings. The molecular formula is C7H16F2N4O. The van der Waals surface area contributed by atoms with Crippen molar-refractivity contribution in [2.75, 3.05) is 33.9 Å². The molecule has 0 aromatic carbocycles. The molecule has 0 unspecified atom stereocenters. The van der Waals surface area contributed by atoms with Crippen LogP contribution in [0.3, 0.4) is 0 Å². The van der Waals surface area contributed by atoms with E-state index in [0.717, 1.165) is 0 Å². The first-order chi connectivity index (χ1) is 6.61. The Balaban J connectivity index is 4.03. The number of rotatable bonds is 5. The molecule has 0 saturated carbocycles. The van der Waals surface area contributed by atoms with Gasteiger partial charge >= 0.3 is 0 Å². The Morgan fingerprint density at radius 3 is 2.71 bits per heavy atom. The zero-order valence-electron chi connectivity index (χ0n) is 8.33. The van der Waals surface area contributed by atoms with Crippen molar-refractivity contribution in [2.45, 2.75) is 6.43 Å². The van der Waals surface area contributed by atoms with Crippen molar-refractivity contribution >= 4 is 5.96 Å². The molecule has 5 nitrogen and oxygen atoms in total. The first kappa shape index (κ1) is 13.1. The number of methoxy groups -OCH3 is 1. The van der Waals surface area contributed by atoms with E-state index in [4.69, 9.17) is 10.6 Å². The van der Waals surface area contributed by atoms with Gasteiger partial charge in [-0.3, -0.25) is 5.43 Å². The minimum Gasteiger partial charge on any atom is -0.383 e. The highest BCUT2D eigenvalue weighted by Crippen LogP contribution is 1.95. The van der Waals surface area contributed by atoms with E-state index in [1.54, 1.807) is 0 Å². The van der Waals surface area contributed by atoms with Crippen LogP contribution in [0.15, 0.2) is 4.99 Å². The van der Waals surface area contributed by atoms with Gasteiger partial charge in [0.05, 0.1) is 19.7 Å². The maximum Gasteiger partial charge on any atom is 0.255 e. The number of halogens is 2. The summed E-state index contributed by atoms with van der Waals surface area (Å²) in [6, 6.07) is 0. The van der Waals surface area contributed by atoms with Crippen molar-refractivity contribution in [1.82, 2.24) is 10.3 Å². The summed E-state index contributed by atoms with van der Waals surface area (Å²) in [4.78, 5) is 5.18. The van der Waals surface area contributed by atoms with Crippen LogP contribution in [0.2, 0.25) is 0 Å². The third-order valence-corrected chi connectivity index (χ3v) is 1.46. The summed E-state index contributed by atoms with van der Waals surface area (Å²) < 4.78 is 28.7. The normalized spacial score (nSPS) is 12.0. The molecule has 3 N–H and O–H groups in total. The number of nitrogens with two attached hydrogens (primary N) is 1. The van der Waals surface area contributed by atoms with Gasteiger partial charge in [-0.1, -0.05) is 0 Å². The van der Waals surface area contributed by atoms with E-state index >= 15 is 0 Å². The second-order valence-corrected chi connectivity index (χ2v) is 2.61. The molecule has 0 spiro atoms. The molecule has 0 rings (SSSR count). The lowest BCUT2D eigenvalue weighted by molar-refractivity contribution is 0.122. The Bertz CT molecular complexity index is 177. The standard InChI is InChI=1S/C7H16F2N4O/c1-13(5-6(8)9)7(12-10)11-3-4-14-2/h6H,3-5,10H2,1-2H3,(H,11,12). The van der Waals surface area contributed by atoms with Crippen LogP contribution in [0.4, 0.5) is 8.78 Å². The fraction of sp³-hybridized carbons (Fsp3) is 0.857. The van der Waals surface area contributed by atoms with Crippen LogP contribution in [0, 0.1) is 0 Å². The summed E-state index contributed by atoms with van der Waals surface area (Å²) in [7, 11) is 3.02. The van der Waals surface area contributed by atoms with Crippen molar-refractivity contribution in [3.63, 3.8) is 0 Å². The summed E-state index contributed by atoms with van der Waals surface area (Å²) in [5, 5.41) is 0. The van der Waals surface area contributed by atoms with E-state index in [9.17, 15) is 8.78 Å². The van der Waals surface area contributed by atoms with E-state index in [2.05, 4.69) is 10.4 Å². The fourth-order valence-corrected chi connectivity index (χ4v) is 0.813. The molecule has 0 fully saturated rings. The Hall–Kier alpha value is -0.950. The van der Waals surface area contributed by atoms with Crippen molar-refractivity contribution < 1.29 is 13.5 Å². The Morgan fingerprint density at radius 1 is 1.64 bits per heavy atom. The number of hydrogen-bond acceptors (Lipinski definition) is 3. The number of aliphatic imine (C=N–C) groups is 1. The van der Waals surface area contributed by atoms with Gasteiger partial charge < -0.3 is 9.64 Å². The molecule has 0 bridgehead atoms. The van der Waals surface area contributed by atoms with Gasteiger partial charge in [0.15, 0.2) is 0 Å².